The van der Waals surface area contributed by atoms with Gasteiger partial charge in [-0.15, -0.1) is 0 Å². The van der Waals surface area contributed by atoms with Gasteiger partial charge in [0.05, 0.1) is 12.3 Å². The summed E-state index contributed by atoms with van der Waals surface area (Å²) in [6.45, 7) is 5.44. The Bertz CT molecular complexity index is 779. The molecule has 0 radical (unpaired) electrons. The van der Waals surface area contributed by atoms with Crippen molar-refractivity contribution in [1.82, 2.24) is 4.98 Å². The van der Waals surface area contributed by atoms with Gasteiger partial charge in [-0.05, 0) is 48.0 Å². The van der Waals surface area contributed by atoms with Crippen LogP contribution in [0.5, 0.6) is 11.5 Å². The molecule has 25 heavy (non-hydrogen) atoms. The average molecular weight is 345 g/mol. The second kappa shape index (κ2) is 8.09. The van der Waals surface area contributed by atoms with Gasteiger partial charge in [-0.2, -0.15) is 0 Å². The highest BCUT2D eigenvalue weighted by atomic mass is 16.6. The number of aryl methyl sites for hydroxylation is 1. The van der Waals surface area contributed by atoms with E-state index in [1.807, 2.05) is 6.92 Å². The number of amides is 1. The fraction of sp³-hybridized carbons (Fsp3) is 0.294. The number of aromatic nitrogens is 1. The van der Waals surface area contributed by atoms with Crippen LogP contribution in [-0.2, 0) is 4.79 Å². The first kappa shape index (κ1) is 18.2. The van der Waals surface area contributed by atoms with Crippen molar-refractivity contribution in [3.05, 3.63) is 52.2 Å². The van der Waals surface area contributed by atoms with Gasteiger partial charge in [-0.25, -0.2) is 0 Å². The summed E-state index contributed by atoms with van der Waals surface area (Å²) in [6, 6.07) is 10.0. The second-order valence-electron chi connectivity index (χ2n) is 5.21. The standard InChI is InChI=1S/C17H19N3O5/c1-4-24-14-8-6-5-7-13(14)19-17(21)12(3)25-15-10-9-11(2)18-16(15)20(22)23/h5-10,12H,4H2,1-3H3,(H,19,21)/t12-/m0/s1. The summed E-state index contributed by atoms with van der Waals surface area (Å²) < 4.78 is 10.9. The quantitative estimate of drug-likeness (QED) is 0.611. The molecule has 0 saturated heterocycles. The summed E-state index contributed by atoms with van der Waals surface area (Å²) in [4.78, 5) is 26.6. The maximum Gasteiger partial charge on any atom is 0.406 e. The first-order valence-electron chi connectivity index (χ1n) is 7.73. The minimum absolute atomic E-state index is 0.0589. The van der Waals surface area contributed by atoms with Crippen molar-refractivity contribution in [3.63, 3.8) is 0 Å². The molecule has 0 aliphatic carbocycles. The Morgan fingerprint density at radius 2 is 2.00 bits per heavy atom. The number of carbonyl (C=O) groups excluding carboxylic acids is 1. The number of hydrogen-bond acceptors (Lipinski definition) is 6. The van der Waals surface area contributed by atoms with E-state index >= 15 is 0 Å². The van der Waals surface area contributed by atoms with Crippen LogP contribution in [0.4, 0.5) is 11.5 Å². The predicted molar refractivity (Wildman–Crippen MR) is 92.0 cm³/mol. The molecule has 132 valence electrons. The van der Waals surface area contributed by atoms with Crippen LogP contribution in [0.25, 0.3) is 0 Å². The SMILES string of the molecule is CCOc1ccccc1NC(=O)[C@H](C)Oc1ccc(C)nc1[N+](=O)[O-]. The lowest BCUT2D eigenvalue weighted by Gasteiger charge is -2.16. The van der Waals surface area contributed by atoms with Crippen LogP contribution in [0.2, 0.25) is 0 Å². The van der Waals surface area contributed by atoms with Crippen molar-refractivity contribution in [2.45, 2.75) is 26.9 Å². The van der Waals surface area contributed by atoms with Gasteiger partial charge in [0.25, 0.3) is 5.91 Å². The number of nitro groups is 1. The predicted octanol–water partition coefficient (Wildman–Crippen LogP) is 3.10. The molecule has 2 aromatic rings. The van der Waals surface area contributed by atoms with Crippen molar-refractivity contribution in [2.24, 2.45) is 0 Å². The van der Waals surface area contributed by atoms with Crippen LogP contribution in [0.1, 0.15) is 19.5 Å². The molecule has 0 saturated carbocycles. The van der Waals surface area contributed by atoms with Crippen LogP contribution in [0.3, 0.4) is 0 Å². The molecule has 8 nitrogen and oxygen atoms in total. The van der Waals surface area contributed by atoms with Gasteiger partial charge < -0.3 is 24.9 Å². The zero-order valence-electron chi connectivity index (χ0n) is 14.2. The number of pyridine rings is 1. The Morgan fingerprint density at radius 3 is 2.68 bits per heavy atom. The van der Waals surface area contributed by atoms with E-state index in [1.165, 1.54) is 13.0 Å². The monoisotopic (exact) mass is 345 g/mol. The first-order chi connectivity index (χ1) is 11.9. The van der Waals surface area contributed by atoms with Crippen LogP contribution in [-0.4, -0.2) is 28.5 Å². The third kappa shape index (κ3) is 4.66. The Hall–Kier alpha value is -3.16. The third-order valence-electron chi connectivity index (χ3n) is 3.27. The van der Waals surface area contributed by atoms with E-state index in [4.69, 9.17) is 9.47 Å². The number of nitrogens with zero attached hydrogens (tertiary/aromatic N) is 2. The molecule has 0 aliphatic rings. The van der Waals surface area contributed by atoms with E-state index in [9.17, 15) is 14.9 Å². The normalized spacial score (nSPS) is 11.5. The molecule has 0 aliphatic heterocycles. The maximum atomic E-state index is 12.3. The van der Waals surface area contributed by atoms with E-state index < -0.39 is 22.8 Å². The van der Waals surface area contributed by atoms with Gasteiger partial charge in [-0.3, -0.25) is 4.79 Å². The number of hydrogen-bond donors (Lipinski definition) is 1. The third-order valence-corrected chi connectivity index (χ3v) is 3.27. The van der Waals surface area contributed by atoms with Gasteiger partial charge in [0, 0.05) is 6.92 Å². The number of nitrogens with one attached hydrogen (secondary N) is 1. The number of benzene rings is 1. The number of anilines is 1. The molecule has 2 rings (SSSR count). The van der Waals surface area contributed by atoms with Crippen molar-refractivity contribution in [1.29, 1.82) is 0 Å². The Morgan fingerprint density at radius 1 is 1.28 bits per heavy atom. The van der Waals surface area contributed by atoms with Gasteiger partial charge >= 0.3 is 5.82 Å². The van der Waals surface area contributed by atoms with Gasteiger partial charge in [0.1, 0.15) is 11.4 Å². The molecule has 0 bridgehead atoms. The highest BCUT2D eigenvalue weighted by Crippen LogP contribution is 2.27. The molecular formula is C17H19N3O5. The van der Waals surface area contributed by atoms with Gasteiger partial charge in [0.2, 0.25) is 5.75 Å². The van der Waals surface area contributed by atoms with Crippen LogP contribution >= 0.6 is 0 Å². The van der Waals surface area contributed by atoms with Crippen LogP contribution in [0, 0.1) is 17.0 Å². The van der Waals surface area contributed by atoms with Crippen molar-refractivity contribution >= 4 is 17.4 Å². The largest absolute Gasteiger partial charge is 0.492 e. The molecule has 1 heterocycles. The van der Waals surface area contributed by atoms with E-state index in [1.54, 1.807) is 37.3 Å². The molecule has 1 atom stereocenters. The second-order valence-corrected chi connectivity index (χ2v) is 5.21. The van der Waals surface area contributed by atoms with Gasteiger partial charge in [-0.1, -0.05) is 12.1 Å². The zero-order chi connectivity index (χ0) is 18.4. The Labute approximate surface area is 144 Å². The number of para-hydroxylation sites is 2. The first-order valence-corrected chi connectivity index (χ1v) is 7.73. The van der Waals surface area contributed by atoms with Crippen LogP contribution in [0.15, 0.2) is 36.4 Å². The lowest BCUT2D eigenvalue weighted by Crippen LogP contribution is -2.30. The molecule has 1 aromatic heterocycles. The number of rotatable bonds is 7. The fourth-order valence-electron chi connectivity index (χ4n) is 2.08. The molecule has 8 heteroatoms. The Kier molecular flexibility index (Phi) is 5.89. The summed E-state index contributed by atoms with van der Waals surface area (Å²) in [5, 5.41) is 13.8. The molecule has 0 fully saturated rings. The minimum atomic E-state index is -0.960. The Balaban J connectivity index is 2.13. The topological polar surface area (TPSA) is 104 Å². The molecule has 1 N–H and O–H groups in total. The van der Waals surface area contributed by atoms with Crippen molar-refractivity contribution in [3.8, 4) is 11.5 Å². The van der Waals surface area contributed by atoms with E-state index in [2.05, 4.69) is 10.3 Å². The highest BCUT2D eigenvalue weighted by Gasteiger charge is 2.23. The molecule has 0 unspecified atom stereocenters. The lowest BCUT2D eigenvalue weighted by atomic mass is 10.2. The minimum Gasteiger partial charge on any atom is -0.492 e. The fourth-order valence-corrected chi connectivity index (χ4v) is 2.08. The smallest absolute Gasteiger partial charge is 0.406 e. The summed E-state index contributed by atoms with van der Waals surface area (Å²) in [5.74, 6) is -0.402. The average Bonchev–Trinajstić information content (AvgIpc) is 2.58. The molecular weight excluding hydrogens is 326 g/mol. The summed E-state index contributed by atoms with van der Waals surface area (Å²) in [5.41, 5.74) is 0.989. The zero-order valence-corrected chi connectivity index (χ0v) is 14.2. The van der Waals surface area contributed by atoms with Gasteiger partial charge in [0.15, 0.2) is 6.10 Å². The highest BCUT2D eigenvalue weighted by molar-refractivity contribution is 5.95. The van der Waals surface area contributed by atoms with Crippen LogP contribution < -0.4 is 14.8 Å². The summed E-state index contributed by atoms with van der Waals surface area (Å²) in [6.07, 6.45) is -0.960. The van der Waals surface area contributed by atoms with Crippen molar-refractivity contribution in [2.75, 3.05) is 11.9 Å². The van der Waals surface area contributed by atoms with E-state index in [0.29, 0.717) is 23.7 Å². The van der Waals surface area contributed by atoms with E-state index in [0.717, 1.165) is 0 Å². The maximum absolute atomic E-state index is 12.3. The molecule has 0 spiro atoms. The number of ether oxygens (including phenoxy) is 2. The molecule has 1 amide bonds. The molecule has 1 aromatic carbocycles. The number of carbonyl (C=O) groups is 1. The summed E-state index contributed by atoms with van der Waals surface area (Å²) in [7, 11) is 0. The lowest BCUT2D eigenvalue weighted by molar-refractivity contribution is -0.390. The summed E-state index contributed by atoms with van der Waals surface area (Å²) >= 11 is 0. The van der Waals surface area contributed by atoms with Crippen molar-refractivity contribution < 1.29 is 19.2 Å². The van der Waals surface area contributed by atoms with E-state index in [-0.39, 0.29) is 5.75 Å².